The summed E-state index contributed by atoms with van der Waals surface area (Å²) in [4.78, 5) is 0. The lowest BCUT2D eigenvalue weighted by Crippen LogP contribution is -2.26. The first kappa shape index (κ1) is 12.0. The van der Waals surface area contributed by atoms with Crippen LogP contribution < -0.4 is 5.32 Å². The van der Waals surface area contributed by atoms with Crippen LogP contribution >= 0.6 is 12.6 Å². The van der Waals surface area contributed by atoms with Crippen LogP contribution in [0.1, 0.15) is 27.7 Å². The minimum atomic E-state index is 0.134. The monoisotopic (exact) mass is 149 g/mol. The average molecular weight is 149 g/mol. The molecule has 0 spiro atoms. The molecule has 2 heteroatoms. The fraction of sp³-hybridized carbons (Fsp3) is 1.00. The van der Waals surface area contributed by atoms with Gasteiger partial charge >= 0.3 is 0 Å². The van der Waals surface area contributed by atoms with E-state index in [1.807, 2.05) is 20.9 Å². The van der Waals surface area contributed by atoms with E-state index in [0.29, 0.717) is 0 Å². The predicted octanol–water partition coefficient (Wildman–Crippen LogP) is 1.94. The Morgan fingerprint density at radius 1 is 1.33 bits per heavy atom. The lowest BCUT2D eigenvalue weighted by molar-refractivity contribution is 0.647. The second-order valence-corrected chi connectivity index (χ2v) is 3.55. The number of nitrogens with one attached hydrogen (secondary N) is 1. The lowest BCUT2D eigenvalue weighted by Gasteiger charge is -2.14. The summed E-state index contributed by atoms with van der Waals surface area (Å²) < 4.78 is 0.134. The molecular weight excluding hydrogens is 130 g/mol. The fourth-order valence-corrected chi connectivity index (χ4v) is 0.591. The Kier molecular flexibility index (Phi) is 8.60. The van der Waals surface area contributed by atoms with Crippen LogP contribution in [0, 0.1) is 0 Å². The van der Waals surface area contributed by atoms with Crippen LogP contribution in [0.2, 0.25) is 0 Å². The summed E-state index contributed by atoms with van der Waals surface area (Å²) in [5, 5.41) is 3.03. The second kappa shape index (κ2) is 6.43. The van der Waals surface area contributed by atoms with Crippen LogP contribution in [0.25, 0.3) is 0 Å². The van der Waals surface area contributed by atoms with Crippen LogP contribution in [-0.4, -0.2) is 18.3 Å². The quantitative estimate of drug-likeness (QED) is 0.572. The zero-order valence-electron chi connectivity index (χ0n) is 7.15. The summed E-state index contributed by atoms with van der Waals surface area (Å²) in [5.74, 6) is 0. The molecule has 0 aliphatic carbocycles. The summed E-state index contributed by atoms with van der Waals surface area (Å²) in [6.07, 6.45) is 0. The minimum absolute atomic E-state index is 0.134. The Morgan fingerprint density at radius 2 is 1.67 bits per heavy atom. The van der Waals surface area contributed by atoms with Crippen molar-refractivity contribution in [3.8, 4) is 0 Å². The van der Waals surface area contributed by atoms with Crippen LogP contribution in [0.3, 0.4) is 0 Å². The predicted molar refractivity (Wildman–Crippen MR) is 48.3 cm³/mol. The lowest BCUT2D eigenvalue weighted by atomic mass is 10.2. The van der Waals surface area contributed by atoms with Crippen LogP contribution in [-0.2, 0) is 0 Å². The molecule has 0 radical (unpaired) electrons. The van der Waals surface area contributed by atoms with Gasteiger partial charge in [-0.25, -0.2) is 0 Å². The summed E-state index contributed by atoms with van der Waals surface area (Å²) in [6.45, 7) is 9.11. The van der Waals surface area contributed by atoms with Crippen molar-refractivity contribution in [3.05, 3.63) is 0 Å². The van der Waals surface area contributed by atoms with Crippen molar-refractivity contribution in [2.45, 2.75) is 32.4 Å². The van der Waals surface area contributed by atoms with Gasteiger partial charge in [0, 0.05) is 11.3 Å². The van der Waals surface area contributed by atoms with Crippen molar-refractivity contribution in [2.24, 2.45) is 0 Å². The van der Waals surface area contributed by atoms with E-state index in [1.54, 1.807) is 0 Å². The van der Waals surface area contributed by atoms with E-state index in [4.69, 9.17) is 0 Å². The summed E-state index contributed by atoms with van der Waals surface area (Å²) in [6, 6.07) is 0. The molecule has 0 aliphatic rings. The molecule has 0 heterocycles. The molecule has 0 atom stereocenters. The van der Waals surface area contributed by atoms with Crippen molar-refractivity contribution >= 4 is 12.6 Å². The third-order valence-corrected chi connectivity index (χ3v) is 0.768. The highest BCUT2D eigenvalue weighted by Gasteiger charge is 2.07. The van der Waals surface area contributed by atoms with Gasteiger partial charge in [-0.3, -0.25) is 0 Å². The molecule has 0 unspecified atom stereocenters. The van der Waals surface area contributed by atoms with E-state index in [1.165, 1.54) is 0 Å². The van der Waals surface area contributed by atoms with Gasteiger partial charge in [-0.1, -0.05) is 13.8 Å². The molecule has 0 rings (SSSR count). The fourth-order valence-electron chi connectivity index (χ4n) is 0.433. The normalized spacial score (nSPS) is 10.0. The van der Waals surface area contributed by atoms with Gasteiger partial charge in [-0.15, -0.1) is 0 Å². The summed E-state index contributed by atoms with van der Waals surface area (Å²) >= 11 is 4.27. The van der Waals surface area contributed by atoms with Gasteiger partial charge < -0.3 is 5.32 Å². The Morgan fingerprint density at radius 3 is 1.67 bits per heavy atom. The van der Waals surface area contributed by atoms with E-state index in [-0.39, 0.29) is 4.75 Å². The van der Waals surface area contributed by atoms with Gasteiger partial charge in [0.25, 0.3) is 0 Å². The van der Waals surface area contributed by atoms with Crippen molar-refractivity contribution in [3.63, 3.8) is 0 Å². The smallest absolute Gasteiger partial charge is 0.0197 e. The Balaban J connectivity index is 0. The maximum atomic E-state index is 4.27. The minimum Gasteiger partial charge on any atom is -0.318 e. The van der Waals surface area contributed by atoms with Gasteiger partial charge in [0.05, 0.1) is 0 Å². The largest absolute Gasteiger partial charge is 0.318 e. The Hall–Kier alpha value is 0.310. The third-order valence-electron chi connectivity index (χ3n) is 0.609. The Bertz CT molecular complexity index is 47.4. The average Bonchev–Trinajstić information content (AvgIpc) is 1.69. The molecule has 0 saturated heterocycles. The van der Waals surface area contributed by atoms with E-state index in [9.17, 15) is 0 Å². The van der Waals surface area contributed by atoms with E-state index in [2.05, 4.69) is 31.8 Å². The molecule has 0 fully saturated rings. The van der Waals surface area contributed by atoms with E-state index < -0.39 is 0 Å². The molecule has 0 aromatic carbocycles. The van der Waals surface area contributed by atoms with Crippen molar-refractivity contribution in [2.75, 3.05) is 13.6 Å². The van der Waals surface area contributed by atoms with Crippen LogP contribution in [0.15, 0.2) is 0 Å². The first-order valence-electron chi connectivity index (χ1n) is 3.43. The molecule has 0 aromatic rings. The SMILES string of the molecule is CC.CNCC(C)(C)S. The second-order valence-electron chi connectivity index (χ2n) is 2.34. The standard InChI is InChI=1S/C5H13NS.C2H6/c1-5(2,7)4-6-3;1-2/h6-7H,4H2,1-3H3;1-2H3. The zero-order valence-corrected chi connectivity index (χ0v) is 8.05. The summed E-state index contributed by atoms with van der Waals surface area (Å²) in [7, 11) is 1.93. The van der Waals surface area contributed by atoms with Crippen LogP contribution in [0.4, 0.5) is 0 Å². The van der Waals surface area contributed by atoms with Crippen LogP contribution in [0.5, 0.6) is 0 Å². The zero-order chi connectivity index (χ0) is 7.91. The van der Waals surface area contributed by atoms with Gasteiger partial charge in [-0.2, -0.15) is 12.6 Å². The van der Waals surface area contributed by atoms with Gasteiger partial charge in [0.1, 0.15) is 0 Å². The highest BCUT2D eigenvalue weighted by atomic mass is 32.1. The highest BCUT2D eigenvalue weighted by molar-refractivity contribution is 7.81. The molecule has 1 nitrogen and oxygen atoms in total. The first-order chi connectivity index (χ1) is 4.06. The molecule has 0 saturated carbocycles. The van der Waals surface area contributed by atoms with Crippen molar-refractivity contribution in [1.82, 2.24) is 5.32 Å². The molecule has 9 heavy (non-hydrogen) atoms. The van der Waals surface area contributed by atoms with Gasteiger partial charge in [0.15, 0.2) is 0 Å². The maximum absolute atomic E-state index is 4.27. The molecule has 1 N–H and O–H groups in total. The van der Waals surface area contributed by atoms with E-state index in [0.717, 1.165) is 6.54 Å². The summed E-state index contributed by atoms with van der Waals surface area (Å²) in [5.41, 5.74) is 0. The van der Waals surface area contributed by atoms with E-state index >= 15 is 0 Å². The van der Waals surface area contributed by atoms with Crippen molar-refractivity contribution in [1.29, 1.82) is 0 Å². The number of hydrogen-bond donors (Lipinski definition) is 2. The molecular formula is C7H19NS. The maximum Gasteiger partial charge on any atom is 0.0197 e. The number of thiol groups is 1. The third kappa shape index (κ3) is 17.8. The molecule has 58 valence electrons. The molecule has 0 aromatic heterocycles. The molecule has 0 aliphatic heterocycles. The number of rotatable bonds is 2. The number of hydrogen-bond acceptors (Lipinski definition) is 2. The highest BCUT2D eigenvalue weighted by Crippen LogP contribution is 2.08. The molecule has 0 amide bonds. The van der Waals surface area contributed by atoms with Gasteiger partial charge in [-0.05, 0) is 20.9 Å². The van der Waals surface area contributed by atoms with Gasteiger partial charge in [0.2, 0.25) is 0 Å². The first-order valence-corrected chi connectivity index (χ1v) is 3.88. The van der Waals surface area contributed by atoms with Crippen molar-refractivity contribution < 1.29 is 0 Å². The molecule has 0 bridgehead atoms. The Labute approximate surface area is 64.6 Å². The topological polar surface area (TPSA) is 12.0 Å².